The second-order valence-corrected chi connectivity index (χ2v) is 6.89. The number of ketones is 1. The van der Waals surface area contributed by atoms with Crippen LogP contribution >= 0.6 is 11.8 Å². The summed E-state index contributed by atoms with van der Waals surface area (Å²) in [6.45, 7) is 5.59. The minimum absolute atomic E-state index is 0.237. The number of Topliss-reactive ketones (excluding diaryl/α,β-unsaturated/α-hetero) is 1. The van der Waals surface area contributed by atoms with Gasteiger partial charge in [-0.15, -0.1) is 0 Å². The van der Waals surface area contributed by atoms with Crippen LogP contribution in [0.3, 0.4) is 0 Å². The summed E-state index contributed by atoms with van der Waals surface area (Å²) in [5.41, 5.74) is 2.01. The van der Waals surface area contributed by atoms with Crippen LogP contribution in [-0.2, 0) is 6.42 Å². The van der Waals surface area contributed by atoms with Crippen molar-refractivity contribution in [3.05, 3.63) is 29.3 Å². The van der Waals surface area contributed by atoms with Crippen LogP contribution in [0.15, 0.2) is 18.2 Å². The summed E-state index contributed by atoms with van der Waals surface area (Å²) >= 11 is 2.04. The van der Waals surface area contributed by atoms with E-state index in [1.165, 1.54) is 12.0 Å². The Labute approximate surface area is 124 Å². The van der Waals surface area contributed by atoms with Gasteiger partial charge in [-0.1, -0.05) is 6.92 Å². The molecule has 0 bridgehead atoms. The Kier molecular flexibility index (Phi) is 4.32. The van der Waals surface area contributed by atoms with Gasteiger partial charge in [-0.3, -0.25) is 9.69 Å². The van der Waals surface area contributed by atoms with Crippen molar-refractivity contribution in [3.8, 4) is 5.75 Å². The number of hydrogen-bond donors (Lipinski definition) is 0. The molecule has 0 saturated carbocycles. The van der Waals surface area contributed by atoms with Crippen molar-refractivity contribution in [2.75, 3.05) is 32.0 Å². The average molecular weight is 291 g/mol. The van der Waals surface area contributed by atoms with Crippen LogP contribution in [-0.4, -0.2) is 47.9 Å². The van der Waals surface area contributed by atoms with Gasteiger partial charge in [-0.05, 0) is 30.2 Å². The smallest absolute Gasteiger partial charge is 0.176 e. The molecule has 2 heterocycles. The number of carbonyl (C=O) groups excluding carboxylic acids is 1. The van der Waals surface area contributed by atoms with Crippen molar-refractivity contribution >= 4 is 17.5 Å². The molecule has 0 amide bonds. The normalized spacial score (nSPS) is 22.4. The molecule has 1 saturated heterocycles. The highest BCUT2D eigenvalue weighted by Gasteiger charge is 2.22. The van der Waals surface area contributed by atoms with Crippen molar-refractivity contribution in [2.45, 2.75) is 25.0 Å². The summed E-state index contributed by atoms with van der Waals surface area (Å²) in [4.78, 5) is 14.7. The zero-order chi connectivity index (χ0) is 13.9. The molecule has 20 heavy (non-hydrogen) atoms. The molecular formula is C16H21NO2S. The highest BCUT2D eigenvalue weighted by atomic mass is 32.2. The molecule has 0 radical (unpaired) electrons. The molecule has 0 aliphatic carbocycles. The third-order valence-electron chi connectivity index (χ3n) is 4.06. The number of rotatable bonds is 4. The third-order valence-corrected chi connectivity index (χ3v) is 5.43. The van der Waals surface area contributed by atoms with E-state index < -0.39 is 0 Å². The van der Waals surface area contributed by atoms with Crippen molar-refractivity contribution in [1.29, 1.82) is 0 Å². The zero-order valence-electron chi connectivity index (χ0n) is 11.9. The number of thioether (sulfide) groups is 1. The van der Waals surface area contributed by atoms with Crippen LogP contribution in [0, 0.1) is 0 Å². The Morgan fingerprint density at radius 3 is 3.25 bits per heavy atom. The van der Waals surface area contributed by atoms with Crippen LogP contribution in [0.4, 0.5) is 0 Å². The van der Waals surface area contributed by atoms with E-state index in [0.29, 0.717) is 11.8 Å². The minimum Gasteiger partial charge on any atom is -0.493 e. The maximum Gasteiger partial charge on any atom is 0.176 e. The van der Waals surface area contributed by atoms with Gasteiger partial charge >= 0.3 is 0 Å². The Bertz CT molecular complexity index is 503. The number of nitrogens with zero attached hydrogens (tertiary/aromatic N) is 1. The van der Waals surface area contributed by atoms with Crippen LogP contribution in [0.2, 0.25) is 0 Å². The molecular weight excluding hydrogens is 270 g/mol. The largest absolute Gasteiger partial charge is 0.493 e. The second-order valence-electron chi connectivity index (χ2n) is 5.48. The van der Waals surface area contributed by atoms with Crippen LogP contribution in [0.25, 0.3) is 0 Å². The van der Waals surface area contributed by atoms with Crippen LogP contribution in [0.5, 0.6) is 5.75 Å². The average Bonchev–Trinajstić information content (AvgIpc) is 2.94. The number of carbonyl (C=O) groups is 1. The highest BCUT2D eigenvalue weighted by Crippen LogP contribution is 2.26. The number of ether oxygens (including phenoxy) is 1. The van der Waals surface area contributed by atoms with Crippen molar-refractivity contribution in [3.63, 3.8) is 0 Å². The summed E-state index contributed by atoms with van der Waals surface area (Å²) in [7, 11) is 0. The number of hydrogen-bond acceptors (Lipinski definition) is 4. The SMILES string of the molecule is CCC1CN(CC(=O)c2ccc3c(c2)CCO3)CCS1. The third kappa shape index (κ3) is 3.01. The first-order chi connectivity index (χ1) is 9.76. The van der Waals surface area contributed by atoms with E-state index in [4.69, 9.17) is 4.74 Å². The molecule has 0 N–H and O–H groups in total. The lowest BCUT2D eigenvalue weighted by atomic mass is 10.0. The molecule has 1 aromatic carbocycles. The molecule has 1 aromatic rings. The second kappa shape index (κ2) is 6.19. The predicted octanol–water partition coefficient (Wildman–Crippen LogP) is 2.63. The Morgan fingerprint density at radius 2 is 2.40 bits per heavy atom. The van der Waals surface area contributed by atoms with E-state index >= 15 is 0 Å². The van der Waals surface area contributed by atoms with Crippen LogP contribution < -0.4 is 4.74 Å². The summed E-state index contributed by atoms with van der Waals surface area (Å²) in [6.07, 6.45) is 2.11. The van der Waals surface area contributed by atoms with Gasteiger partial charge in [0.2, 0.25) is 0 Å². The fourth-order valence-electron chi connectivity index (χ4n) is 2.83. The van der Waals surface area contributed by atoms with Crippen molar-refractivity contribution < 1.29 is 9.53 Å². The summed E-state index contributed by atoms with van der Waals surface area (Å²) in [5.74, 6) is 2.33. The number of fused-ring (bicyclic) bond motifs is 1. The Balaban J connectivity index is 1.64. The minimum atomic E-state index is 0.237. The molecule has 1 unspecified atom stereocenters. The first-order valence-electron chi connectivity index (χ1n) is 7.39. The topological polar surface area (TPSA) is 29.5 Å². The molecule has 108 valence electrons. The van der Waals surface area contributed by atoms with Gasteiger partial charge in [-0.25, -0.2) is 0 Å². The molecule has 2 aliphatic heterocycles. The van der Waals surface area contributed by atoms with Gasteiger partial charge in [0.1, 0.15) is 5.75 Å². The van der Waals surface area contributed by atoms with Gasteiger partial charge in [0.05, 0.1) is 13.2 Å². The summed E-state index contributed by atoms with van der Waals surface area (Å²) in [6, 6.07) is 5.86. The van der Waals surface area contributed by atoms with Gasteiger partial charge in [0, 0.05) is 36.1 Å². The van der Waals surface area contributed by atoms with Crippen molar-refractivity contribution in [1.82, 2.24) is 4.90 Å². The standard InChI is InChI=1S/C16H21NO2S/c1-2-14-10-17(6-8-20-14)11-15(18)12-3-4-16-13(9-12)5-7-19-16/h3-4,9,14H,2,5-8,10-11H2,1H3. The quantitative estimate of drug-likeness (QED) is 0.798. The fourth-order valence-corrected chi connectivity index (χ4v) is 4.07. The lowest BCUT2D eigenvalue weighted by Gasteiger charge is -2.31. The van der Waals surface area contributed by atoms with E-state index in [1.54, 1.807) is 0 Å². The van der Waals surface area contributed by atoms with Gasteiger partial charge in [-0.2, -0.15) is 11.8 Å². The zero-order valence-corrected chi connectivity index (χ0v) is 12.7. The van der Waals surface area contributed by atoms with E-state index in [2.05, 4.69) is 11.8 Å². The molecule has 4 heteroatoms. The summed E-state index contributed by atoms with van der Waals surface area (Å²) in [5, 5.41) is 0.685. The molecule has 1 fully saturated rings. The van der Waals surface area contributed by atoms with Gasteiger partial charge in [0.15, 0.2) is 5.78 Å². The first-order valence-corrected chi connectivity index (χ1v) is 8.44. The van der Waals surface area contributed by atoms with E-state index in [-0.39, 0.29) is 5.78 Å². The molecule has 3 nitrogen and oxygen atoms in total. The molecule has 2 aliphatic rings. The Morgan fingerprint density at radius 1 is 1.50 bits per heavy atom. The summed E-state index contributed by atoms with van der Waals surface area (Å²) < 4.78 is 5.49. The predicted molar refractivity (Wildman–Crippen MR) is 82.9 cm³/mol. The number of benzene rings is 1. The maximum absolute atomic E-state index is 12.4. The van der Waals surface area contributed by atoms with Gasteiger partial charge < -0.3 is 4.74 Å². The lowest BCUT2D eigenvalue weighted by Crippen LogP contribution is -2.40. The molecule has 1 atom stereocenters. The Hall–Kier alpha value is -1.000. The highest BCUT2D eigenvalue weighted by molar-refractivity contribution is 8.00. The lowest BCUT2D eigenvalue weighted by molar-refractivity contribution is 0.0932. The van der Waals surface area contributed by atoms with E-state index in [0.717, 1.165) is 43.2 Å². The van der Waals surface area contributed by atoms with E-state index in [1.807, 2.05) is 30.0 Å². The monoisotopic (exact) mass is 291 g/mol. The first kappa shape index (κ1) is 14.0. The van der Waals surface area contributed by atoms with E-state index in [9.17, 15) is 4.79 Å². The van der Waals surface area contributed by atoms with Gasteiger partial charge in [0.25, 0.3) is 0 Å². The molecule has 3 rings (SSSR count). The van der Waals surface area contributed by atoms with Crippen molar-refractivity contribution in [2.24, 2.45) is 0 Å². The fraction of sp³-hybridized carbons (Fsp3) is 0.562. The molecule has 0 aromatic heterocycles. The maximum atomic E-state index is 12.4. The molecule has 0 spiro atoms. The van der Waals surface area contributed by atoms with Crippen LogP contribution in [0.1, 0.15) is 29.3 Å².